The SMILES string of the molecule is O=C(NC1CCCCC1)N1CC(=O)N2[C@@H](CO)[C@H](c3ccc(-c4ccncc4)cc3)[C@@H]2C1. The zero-order valence-corrected chi connectivity index (χ0v) is 18.2. The van der Waals surface area contributed by atoms with Crippen LogP contribution in [0, 0.1) is 0 Å². The molecule has 168 valence electrons. The van der Waals surface area contributed by atoms with Gasteiger partial charge in [-0.3, -0.25) is 9.78 Å². The van der Waals surface area contributed by atoms with E-state index in [0.717, 1.165) is 42.4 Å². The van der Waals surface area contributed by atoms with Crippen molar-refractivity contribution in [1.29, 1.82) is 0 Å². The summed E-state index contributed by atoms with van der Waals surface area (Å²) in [5.41, 5.74) is 3.28. The third-order valence-electron chi connectivity index (χ3n) is 7.28. The fraction of sp³-hybridized carbons (Fsp3) is 0.480. The van der Waals surface area contributed by atoms with E-state index in [4.69, 9.17) is 0 Å². The van der Waals surface area contributed by atoms with Crippen molar-refractivity contribution in [2.24, 2.45) is 0 Å². The van der Waals surface area contributed by atoms with E-state index in [1.807, 2.05) is 12.1 Å². The summed E-state index contributed by atoms with van der Waals surface area (Å²) < 4.78 is 0. The summed E-state index contributed by atoms with van der Waals surface area (Å²) >= 11 is 0. The molecule has 3 amide bonds. The zero-order valence-electron chi connectivity index (χ0n) is 18.2. The summed E-state index contributed by atoms with van der Waals surface area (Å²) in [6.07, 6.45) is 9.11. The number of nitrogens with zero attached hydrogens (tertiary/aromatic N) is 3. The van der Waals surface area contributed by atoms with E-state index in [1.165, 1.54) is 6.42 Å². The number of hydrogen-bond acceptors (Lipinski definition) is 4. The van der Waals surface area contributed by atoms with Gasteiger partial charge in [-0.05, 0) is 41.7 Å². The molecule has 32 heavy (non-hydrogen) atoms. The molecule has 1 aliphatic carbocycles. The number of aromatic nitrogens is 1. The molecular weight excluding hydrogens is 404 g/mol. The standard InChI is InChI=1S/C25H30N4O3/c30-16-22-24(19-8-6-17(7-9-19)18-10-12-26-13-11-18)21-14-28(15-23(31)29(21)22)25(32)27-20-4-2-1-3-5-20/h6-13,20-22,24,30H,1-5,14-16H2,(H,27,32)/t21-,22-,24+/m0/s1. The molecule has 3 atom stereocenters. The van der Waals surface area contributed by atoms with E-state index in [2.05, 4.69) is 34.6 Å². The van der Waals surface area contributed by atoms with E-state index in [9.17, 15) is 14.7 Å². The van der Waals surface area contributed by atoms with Gasteiger partial charge in [-0.25, -0.2) is 4.79 Å². The minimum Gasteiger partial charge on any atom is -0.394 e. The Balaban J connectivity index is 1.31. The Morgan fingerprint density at radius 2 is 1.72 bits per heavy atom. The summed E-state index contributed by atoms with van der Waals surface area (Å²) in [6.45, 7) is 0.504. The maximum Gasteiger partial charge on any atom is 0.318 e. The number of pyridine rings is 1. The molecular formula is C25H30N4O3. The van der Waals surface area contributed by atoms with Crippen LogP contribution in [0.5, 0.6) is 0 Å². The largest absolute Gasteiger partial charge is 0.394 e. The maximum absolute atomic E-state index is 12.9. The third-order valence-corrected chi connectivity index (χ3v) is 7.28. The monoisotopic (exact) mass is 434 g/mol. The molecule has 5 rings (SSSR count). The summed E-state index contributed by atoms with van der Waals surface area (Å²) in [6, 6.07) is 12.0. The van der Waals surface area contributed by atoms with Crippen LogP contribution in [0.1, 0.15) is 43.6 Å². The van der Waals surface area contributed by atoms with Crippen molar-refractivity contribution in [3.05, 3.63) is 54.4 Å². The van der Waals surface area contributed by atoms with Gasteiger partial charge in [-0.2, -0.15) is 0 Å². The van der Waals surface area contributed by atoms with Gasteiger partial charge in [-0.15, -0.1) is 0 Å². The molecule has 1 saturated carbocycles. The van der Waals surface area contributed by atoms with Crippen molar-refractivity contribution in [2.75, 3.05) is 19.7 Å². The Kier molecular flexibility index (Phi) is 5.83. The summed E-state index contributed by atoms with van der Waals surface area (Å²) in [5, 5.41) is 13.1. The Hall–Kier alpha value is -2.93. The molecule has 7 nitrogen and oxygen atoms in total. The van der Waals surface area contributed by atoms with Crippen LogP contribution in [0.3, 0.4) is 0 Å². The second-order valence-electron chi connectivity index (χ2n) is 9.17. The predicted octanol–water partition coefficient (Wildman–Crippen LogP) is 2.76. The molecule has 2 N–H and O–H groups in total. The number of carbonyl (C=O) groups is 2. The Morgan fingerprint density at radius 3 is 2.41 bits per heavy atom. The van der Waals surface area contributed by atoms with Crippen molar-refractivity contribution < 1.29 is 14.7 Å². The number of amides is 3. The highest BCUT2D eigenvalue weighted by atomic mass is 16.3. The molecule has 3 fully saturated rings. The predicted molar refractivity (Wildman–Crippen MR) is 121 cm³/mol. The first-order chi connectivity index (χ1) is 15.7. The Morgan fingerprint density at radius 1 is 1.03 bits per heavy atom. The van der Waals surface area contributed by atoms with Gasteiger partial charge in [0.15, 0.2) is 0 Å². The average Bonchev–Trinajstić information content (AvgIpc) is 2.82. The quantitative estimate of drug-likeness (QED) is 0.775. The molecule has 2 saturated heterocycles. The van der Waals surface area contributed by atoms with Gasteiger partial charge in [-0.1, -0.05) is 43.5 Å². The molecule has 1 aromatic heterocycles. The molecule has 7 heteroatoms. The normalized spacial score (nSPS) is 25.8. The first-order valence-corrected chi connectivity index (χ1v) is 11.6. The van der Waals surface area contributed by atoms with Crippen molar-refractivity contribution in [3.63, 3.8) is 0 Å². The van der Waals surface area contributed by atoms with Gasteiger partial charge in [0.25, 0.3) is 0 Å². The van der Waals surface area contributed by atoms with Gasteiger partial charge in [0.2, 0.25) is 5.91 Å². The number of carbonyl (C=O) groups excluding carboxylic acids is 2. The smallest absolute Gasteiger partial charge is 0.318 e. The summed E-state index contributed by atoms with van der Waals surface area (Å²) in [5.74, 6) is -0.0653. The molecule has 1 aromatic carbocycles. The van der Waals surface area contributed by atoms with Crippen molar-refractivity contribution in [3.8, 4) is 11.1 Å². The Bertz CT molecular complexity index is 959. The van der Waals surface area contributed by atoms with Gasteiger partial charge in [0, 0.05) is 30.9 Å². The average molecular weight is 435 g/mol. The lowest BCUT2D eigenvalue weighted by Gasteiger charge is -2.58. The first-order valence-electron chi connectivity index (χ1n) is 11.6. The molecule has 3 heterocycles. The van der Waals surface area contributed by atoms with Crippen LogP contribution >= 0.6 is 0 Å². The van der Waals surface area contributed by atoms with Crippen molar-refractivity contribution >= 4 is 11.9 Å². The highest BCUT2D eigenvalue weighted by molar-refractivity contribution is 5.87. The van der Waals surface area contributed by atoms with Crippen LogP contribution < -0.4 is 5.32 Å². The lowest BCUT2D eigenvalue weighted by Crippen LogP contribution is -2.74. The molecule has 2 aliphatic heterocycles. The summed E-state index contributed by atoms with van der Waals surface area (Å²) in [7, 11) is 0. The number of aliphatic hydroxyl groups is 1. The molecule has 0 bridgehead atoms. The molecule has 0 unspecified atom stereocenters. The van der Waals surface area contributed by atoms with Gasteiger partial charge < -0.3 is 20.2 Å². The second-order valence-corrected chi connectivity index (χ2v) is 9.17. The fourth-order valence-electron chi connectivity index (χ4n) is 5.61. The molecule has 3 aliphatic rings. The number of benzene rings is 1. The van der Waals surface area contributed by atoms with E-state index in [-0.39, 0.29) is 49.1 Å². The number of rotatable bonds is 4. The number of fused-ring (bicyclic) bond motifs is 1. The highest BCUT2D eigenvalue weighted by Crippen LogP contribution is 2.43. The highest BCUT2D eigenvalue weighted by Gasteiger charge is 2.54. The number of nitrogens with one attached hydrogen (secondary N) is 1. The van der Waals surface area contributed by atoms with Crippen LogP contribution in [0.4, 0.5) is 4.79 Å². The van der Waals surface area contributed by atoms with Crippen molar-refractivity contribution in [2.45, 2.75) is 56.1 Å². The maximum atomic E-state index is 12.9. The third kappa shape index (κ3) is 3.86. The van der Waals surface area contributed by atoms with E-state index >= 15 is 0 Å². The van der Waals surface area contributed by atoms with Gasteiger partial charge in [0.1, 0.15) is 6.54 Å². The number of piperazine rings is 1. The van der Waals surface area contributed by atoms with Gasteiger partial charge >= 0.3 is 6.03 Å². The molecule has 2 aromatic rings. The minimum atomic E-state index is -0.233. The van der Waals surface area contributed by atoms with E-state index < -0.39 is 0 Å². The van der Waals surface area contributed by atoms with Crippen LogP contribution in [-0.4, -0.2) is 69.7 Å². The second kappa shape index (κ2) is 8.90. The lowest BCUT2D eigenvalue weighted by atomic mass is 9.73. The van der Waals surface area contributed by atoms with E-state index in [0.29, 0.717) is 6.54 Å². The molecule has 0 radical (unpaired) electrons. The van der Waals surface area contributed by atoms with Crippen LogP contribution in [0.15, 0.2) is 48.8 Å². The fourth-order valence-corrected chi connectivity index (χ4v) is 5.61. The topological polar surface area (TPSA) is 85.8 Å². The van der Waals surface area contributed by atoms with E-state index in [1.54, 1.807) is 22.2 Å². The van der Waals surface area contributed by atoms with Crippen LogP contribution in [-0.2, 0) is 4.79 Å². The minimum absolute atomic E-state index is 0.0146. The summed E-state index contributed by atoms with van der Waals surface area (Å²) in [4.78, 5) is 33.2. The van der Waals surface area contributed by atoms with Crippen LogP contribution in [0.2, 0.25) is 0 Å². The van der Waals surface area contributed by atoms with Crippen molar-refractivity contribution in [1.82, 2.24) is 20.1 Å². The zero-order chi connectivity index (χ0) is 22.1. The number of urea groups is 1. The number of aliphatic hydroxyl groups excluding tert-OH is 1. The molecule has 0 spiro atoms. The number of hydrogen-bond donors (Lipinski definition) is 2. The van der Waals surface area contributed by atoms with Gasteiger partial charge in [0.05, 0.1) is 18.7 Å². The first kappa shape index (κ1) is 20.9. The van der Waals surface area contributed by atoms with Crippen LogP contribution in [0.25, 0.3) is 11.1 Å². The Labute approximate surface area is 188 Å². The lowest BCUT2D eigenvalue weighted by molar-refractivity contribution is -0.159.